The highest BCUT2D eigenvalue weighted by atomic mass is 32.3. The normalized spacial score (nSPS) is 11.3. The molecule has 0 aliphatic carbocycles. The van der Waals surface area contributed by atoms with E-state index >= 15 is 0 Å². The number of halogens is 1. The maximum atomic E-state index is 12.5. The first kappa shape index (κ1) is 9.98. The van der Waals surface area contributed by atoms with Gasteiger partial charge in [0.2, 0.25) is 0 Å². The molecular formula is C8H9FO3S. The lowest BCUT2D eigenvalue weighted by Gasteiger charge is -2.03. The van der Waals surface area contributed by atoms with E-state index < -0.39 is 10.2 Å². The van der Waals surface area contributed by atoms with Crippen LogP contribution in [0.1, 0.15) is 5.56 Å². The van der Waals surface area contributed by atoms with Crippen LogP contribution in [0.25, 0.3) is 0 Å². The summed E-state index contributed by atoms with van der Waals surface area (Å²) in [6.07, 6.45) is 0. The van der Waals surface area contributed by atoms with Crippen molar-refractivity contribution in [1.82, 2.24) is 0 Å². The molecule has 0 aromatic heterocycles. The Bertz CT molecular complexity index is 411. The van der Waals surface area contributed by atoms with Gasteiger partial charge in [0.25, 0.3) is 0 Å². The van der Waals surface area contributed by atoms with E-state index in [-0.39, 0.29) is 4.90 Å². The zero-order chi connectivity index (χ0) is 10.1. The lowest BCUT2D eigenvalue weighted by Crippen LogP contribution is -1.96. The number of aryl methyl sites for hydroxylation is 1. The summed E-state index contributed by atoms with van der Waals surface area (Å²) in [5.74, 6) is 0.505. The second-order valence-corrected chi connectivity index (χ2v) is 3.88. The largest absolute Gasteiger partial charge is 0.497 e. The van der Waals surface area contributed by atoms with Crippen molar-refractivity contribution in [2.45, 2.75) is 11.8 Å². The predicted octanol–water partition coefficient (Wildman–Crippen LogP) is 1.66. The second kappa shape index (κ2) is 3.33. The van der Waals surface area contributed by atoms with Crippen LogP contribution < -0.4 is 4.74 Å². The molecule has 5 heteroatoms. The van der Waals surface area contributed by atoms with Crippen LogP contribution in [0.4, 0.5) is 3.89 Å². The van der Waals surface area contributed by atoms with Crippen molar-refractivity contribution < 1.29 is 17.0 Å². The van der Waals surface area contributed by atoms with E-state index in [9.17, 15) is 12.3 Å². The quantitative estimate of drug-likeness (QED) is 0.688. The zero-order valence-corrected chi connectivity index (χ0v) is 8.06. The Morgan fingerprint density at radius 3 is 2.38 bits per heavy atom. The Hall–Kier alpha value is -1.10. The third kappa shape index (κ3) is 2.18. The van der Waals surface area contributed by atoms with E-state index in [1.54, 1.807) is 0 Å². The zero-order valence-electron chi connectivity index (χ0n) is 7.24. The van der Waals surface area contributed by atoms with Crippen LogP contribution in [0.3, 0.4) is 0 Å². The van der Waals surface area contributed by atoms with Gasteiger partial charge in [0.05, 0.1) is 7.11 Å². The van der Waals surface area contributed by atoms with E-state index in [4.69, 9.17) is 4.74 Å². The van der Waals surface area contributed by atoms with Crippen molar-refractivity contribution >= 4 is 10.2 Å². The van der Waals surface area contributed by atoms with Gasteiger partial charge in [0, 0.05) is 0 Å². The van der Waals surface area contributed by atoms with Crippen molar-refractivity contribution in [3.05, 3.63) is 23.8 Å². The molecule has 0 saturated carbocycles. The minimum atomic E-state index is -4.61. The summed E-state index contributed by atoms with van der Waals surface area (Å²) in [5.41, 5.74) is 0.335. The van der Waals surface area contributed by atoms with Crippen molar-refractivity contribution in [3.8, 4) is 5.75 Å². The summed E-state index contributed by atoms with van der Waals surface area (Å²) in [4.78, 5) is -0.312. The molecule has 3 nitrogen and oxygen atoms in total. The molecule has 1 rings (SSSR count). The van der Waals surface area contributed by atoms with Gasteiger partial charge in [-0.15, -0.1) is 3.89 Å². The molecule has 0 aliphatic heterocycles. The maximum Gasteiger partial charge on any atom is 0.332 e. The van der Waals surface area contributed by atoms with E-state index in [1.807, 2.05) is 0 Å². The topological polar surface area (TPSA) is 43.4 Å². The van der Waals surface area contributed by atoms with E-state index in [2.05, 4.69) is 0 Å². The molecule has 1 aromatic carbocycles. The fourth-order valence-corrected chi connectivity index (χ4v) is 1.70. The molecule has 0 amide bonds. The van der Waals surface area contributed by atoms with Gasteiger partial charge in [-0.1, -0.05) is 0 Å². The third-order valence-corrected chi connectivity index (χ3v) is 2.63. The SMILES string of the molecule is COc1ccc(S(=O)(=O)F)c(C)c1. The Morgan fingerprint density at radius 1 is 1.38 bits per heavy atom. The molecule has 72 valence electrons. The van der Waals surface area contributed by atoms with Crippen molar-refractivity contribution in [2.24, 2.45) is 0 Å². The average Bonchev–Trinajstić information content (AvgIpc) is 2.01. The highest BCUT2D eigenvalue weighted by molar-refractivity contribution is 7.86. The van der Waals surface area contributed by atoms with Gasteiger partial charge in [0.1, 0.15) is 10.6 Å². The molecule has 0 aliphatic rings. The van der Waals surface area contributed by atoms with E-state index in [0.29, 0.717) is 11.3 Å². The molecular weight excluding hydrogens is 195 g/mol. The Morgan fingerprint density at radius 2 is 2.00 bits per heavy atom. The van der Waals surface area contributed by atoms with Crippen LogP contribution in [0.15, 0.2) is 23.1 Å². The predicted molar refractivity (Wildman–Crippen MR) is 46.0 cm³/mol. The lowest BCUT2D eigenvalue weighted by molar-refractivity contribution is 0.414. The van der Waals surface area contributed by atoms with Gasteiger partial charge in [-0.05, 0) is 30.7 Å². The number of ether oxygens (including phenoxy) is 1. The molecule has 0 N–H and O–H groups in total. The van der Waals surface area contributed by atoms with Gasteiger partial charge >= 0.3 is 10.2 Å². The molecule has 0 bridgehead atoms. The van der Waals surface area contributed by atoms with E-state index in [1.165, 1.54) is 32.2 Å². The molecule has 0 fully saturated rings. The Labute approximate surface area is 76.4 Å². The molecule has 1 aromatic rings. The first-order valence-electron chi connectivity index (χ1n) is 3.54. The van der Waals surface area contributed by atoms with Crippen LogP contribution in [-0.4, -0.2) is 15.5 Å². The standard InChI is InChI=1S/C8H9FO3S/c1-6-5-7(12-2)3-4-8(6)13(9,10)11/h3-5H,1-2H3. The average molecular weight is 204 g/mol. The van der Waals surface area contributed by atoms with Gasteiger partial charge < -0.3 is 4.74 Å². The third-order valence-electron chi connectivity index (χ3n) is 1.64. The smallest absolute Gasteiger partial charge is 0.332 e. The van der Waals surface area contributed by atoms with Crippen molar-refractivity contribution in [3.63, 3.8) is 0 Å². The molecule has 0 unspecified atom stereocenters. The van der Waals surface area contributed by atoms with Gasteiger partial charge in [0.15, 0.2) is 0 Å². The second-order valence-electron chi connectivity index (χ2n) is 2.57. The van der Waals surface area contributed by atoms with Crippen LogP contribution in [0.5, 0.6) is 5.75 Å². The number of benzene rings is 1. The van der Waals surface area contributed by atoms with E-state index in [0.717, 1.165) is 0 Å². The minimum Gasteiger partial charge on any atom is -0.497 e. The van der Waals surface area contributed by atoms with Crippen LogP contribution in [0, 0.1) is 6.92 Å². The lowest BCUT2D eigenvalue weighted by atomic mass is 10.2. The van der Waals surface area contributed by atoms with Gasteiger partial charge in [-0.25, -0.2) is 0 Å². The summed E-state index contributed by atoms with van der Waals surface area (Å²) in [7, 11) is -3.16. The number of methoxy groups -OCH3 is 1. The Kier molecular flexibility index (Phi) is 2.56. The molecule has 0 radical (unpaired) electrons. The van der Waals surface area contributed by atoms with Gasteiger partial charge in [-0.2, -0.15) is 8.42 Å². The van der Waals surface area contributed by atoms with Crippen molar-refractivity contribution in [1.29, 1.82) is 0 Å². The van der Waals surface area contributed by atoms with Crippen LogP contribution in [0.2, 0.25) is 0 Å². The number of hydrogen-bond acceptors (Lipinski definition) is 3. The first-order chi connectivity index (χ1) is 5.95. The summed E-state index contributed by atoms with van der Waals surface area (Å²) >= 11 is 0. The van der Waals surface area contributed by atoms with Crippen LogP contribution >= 0.6 is 0 Å². The minimum absolute atomic E-state index is 0.312. The first-order valence-corrected chi connectivity index (χ1v) is 4.93. The fraction of sp³-hybridized carbons (Fsp3) is 0.250. The summed E-state index contributed by atoms with van der Waals surface area (Å²) in [5, 5.41) is 0. The number of hydrogen-bond donors (Lipinski definition) is 0. The summed E-state index contributed by atoms with van der Waals surface area (Å²) < 4.78 is 38.5. The molecule has 0 saturated heterocycles. The maximum absolute atomic E-state index is 12.5. The highest BCUT2D eigenvalue weighted by Crippen LogP contribution is 2.22. The molecule has 0 atom stereocenters. The monoisotopic (exact) mass is 204 g/mol. The number of rotatable bonds is 2. The highest BCUT2D eigenvalue weighted by Gasteiger charge is 2.14. The van der Waals surface area contributed by atoms with Crippen molar-refractivity contribution in [2.75, 3.05) is 7.11 Å². The molecule has 13 heavy (non-hydrogen) atoms. The van der Waals surface area contributed by atoms with Gasteiger partial charge in [-0.3, -0.25) is 0 Å². The Balaban J connectivity index is 3.29. The molecule has 0 heterocycles. The summed E-state index contributed by atoms with van der Waals surface area (Å²) in [6.45, 7) is 1.51. The summed E-state index contributed by atoms with van der Waals surface area (Å²) in [6, 6.07) is 4.05. The van der Waals surface area contributed by atoms with Crippen LogP contribution in [-0.2, 0) is 10.2 Å². The molecule has 0 spiro atoms. The fourth-order valence-electron chi connectivity index (χ4n) is 1.02.